The van der Waals surface area contributed by atoms with Crippen molar-refractivity contribution in [1.29, 1.82) is 0 Å². The van der Waals surface area contributed by atoms with Gasteiger partial charge in [0.2, 0.25) is 0 Å². The lowest BCUT2D eigenvalue weighted by Crippen LogP contribution is -2.23. The highest BCUT2D eigenvalue weighted by Gasteiger charge is 2.06. The molecular formula is C17H22N2O. The minimum atomic E-state index is 0.801. The van der Waals surface area contributed by atoms with Gasteiger partial charge in [-0.2, -0.15) is 0 Å². The number of rotatable bonds is 6. The fourth-order valence-corrected chi connectivity index (χ4v) is 2.21. The van der Waals surface area contributed by atoms with Gasteiger partial charge in [-0.15, -0.1) is 0 Å². The molecule has 0 aromatic heterocycles. The Morgan fingerprint density at radius 3 is 2.20 bits per heavy atom. The van der Waals surface area contributed by atoms with Crippen LogP contribution in [0.25, 0.3) is 0 Å². The Kier molecular flexibility index (Phi) is 4.88. The highest BCUT2D eigenvalue weighted by Crippen LogP contribution is 2.20. The van der Waals surface area contributed by atoms with Crippen molar-refractivity contribution in [3.05, 3.63) is 54.1 Å². The quantitative estimate of drug-likeness (QED) is 0.813. The molecule has 0 saturated heterocycles. The fourth-order valence-electron chi connectivity index (χ4n) is 2.21. The number of methoxy groups -OCH3 is 1. The van der Waals surface area contributed by atoms with Gasteiger partial charge in [0.1, 0.15) is 5.75 Å². The zero-order chi connectivity index (χ0) is 14.4. The van der Waals surface area contributed by atoms with Gasteiger partial charge in [-0.25, -0.2) is 0 Å². The maximum atomic E-state index is 5.75. The van der Waals surface area contributed by atoms with E-state index >= 15 is 0 Å². The van der Waals surface area contributed by atoms with Crippen molar-refractivity contribution in [3.8, 4) is 5.75 Å². The summed E-state index contributed by atoms with van der Waals surface area (Å²) in [6, 6.07) is 16.3. The molecule has 2 aromatic rings. The van der Waals surface area contributed by atoms with E-state index in [1.807, 2.05) is 24.3 Å². The highest BCUT2D eigenvalue weighted by atomic mass is 16.5. The second-order valence-corrected chi connectivity index (χ2v) is 4.86. The first-order valence-corrected chi connectivity index (χ1v) is 6.96. The standard InChI is InChI=1S/C17H22N2O/c1-3-12-19(16-8-6-15(18)7-9-16)13-14-4-10-17(20-2)11-5-14/h4-11H,3,12-13,18H2,1-2H3. The molecule has 3 heteroatoms. The van der Waals surface area contributed by atoms with E-state index in [0.717, 1.165) is 30.9 Å². The number of nitrogens with two attached hydrogens (primary N) is 1. The second kappa shape index (κ2) is 6.85. The lowest BCUT2D eigenvalue weighted by Gasteiger charge is -2.24. The summed E-state index contributed by atoms with van der Waals surface area (Å²) < 4.78 is 5.19. The average molecular weight is 270 g/mol. The van der Waals surface area contributed by atoms with Crippen molar-refractivity contribution >= 4 is 11.4 Å². The van der Waals surface area contributed by atoms with E-state index in [1.165, 1.54) is 11.3 Å². The summed E-state index contributed by atoms with van der Waals surface area (Å²) in [4.78, 5) is 2.36. The van der Waals surface area contributed by atoms with Crippen LogP contribution in [0.4, 0.5) is 11.4 Å². The summed E-state index contributed by atoms with van der Waals surface area (Å²) in [5, 5.41) is 0. The number of benzene rings is 2. The van der Waals surface area contributed by atoms with Crippen molar-refractivity contribution in [2.24, 2.45) is 0 Å². The average Bonchev–Trinajstić information content (AvgIpc) is 2.48. The first-order chi connectivity index (χ1) is 9.72. The lowest BCUT2D eigenvalue weighted by atomic mass is 10.1. The van der Waals surface area contributed by atoms with Crippen LogP contribution in [0.5, 0.6) is 5.75 Å². The van der Waals surface area contributed by atoms with Crippen LogP contribution in [0.2, 0.25) is 0 Å². The molecule has 0 atom stereocenters. The minimum absolute atomic E-state index is 0.801. The van der Waals surface area contributed by atoms with E-state index < -0.39 is 0 Å². The zero-order valence-electron chi connectivity index (χ0n) is 12.2. The Bertz CT molecular complexity index is 520. The monoisotopic (exact) mass is 270 g/mol. The summed E-state index contributed by atoms with van der Waals surface area (Å²) >= 11 is 0. The van der Waals surface area contributed by atoms with Crippen molar-refractivity contribution in [1.82, 2.24) is 0 Å². The van der Waals surface area contributed by atoms with Gasteiger partial charge in [-0.05, 0) is 48.4 Å². The molecule has 0 aliphatic rings. The third-order valence-electron chi connectivity index (χ3n) is 3.28. The summed E-state index contributed by atoms with van der Waals surface area (Å²) in [7, 11) is 1.69. The van der Waals surface area contributed by atoms with Crippen LogP contribution < -0.4 is 15.4 Å². The molecule has 0 aliphatic carbocycles. The van der Waals surface area contributed by atoms with Crippen LogP contribution in [0.3, 0.4) is 0 Å². The molecule has 2 aromatic carbocycles. The molecule has 0 fully saturated rings. The van der Waals surface area contributed by atoms with Crippen LogP contribution in [0.1, 0.15) is 18.9 Å². The number of anilines is 2. The summed E-state index contributed by atoms with van der Waals surface area (Å²) in [6.45, 7) is 4.11. The van der Waals surface area contributed by atoms with Gasteiger partial charge in [0.15, 0.2) is 0 Å². The predicted molar refractivity (Wildman–Crippen MR) is 85.2 cm³/mol. The van der Waals surface area contributed by atoms with Crippen LogP contribution in [0.15, 0.2) is 48.5 Å². The van der Waals surface area contributed by atoms with Gasteiger partial charge in [-0.1, -0.05) is 19.1 Å². The van der Waals surface area contributed by atoms with E-state index in [1.54, 1.807) is 7.11 Å². The first kappa shape index (κ1) is 14.3. The lowest BCUT2D eigenvalue weighted by molar-refractivity contribution is 0.414. The SMILES string of the molecule is CCCN(Cc1ccc(OC)cc1)c1ccc(N)cc1. The molecule has 0 unspecified atom stereocenters. The van der Waals surface area contributed by atoms with Crippen molar-refractivity contribution < 1.29 is 4.74 Å². The molecule has 2 N–H and O–H groups in total. The number of nitrogens with zero attached hydrogens (tertiary/aromatic N) is 1. The van der Waals surface area contributed by atoms with Crippen molar-refractivity contribution in [2.45, 2.75) is 19.9 Å². The molecule has 3 nitrogen and oxygen atoms in total. The van der Waals surface area contributed by atoms with Gasteiger partial charge in [0.05, 0.1) is 7.11 Å². The Morgan fingerprint density at radius 2 is 1.65 bits per heavy atom. The van der Waals surface area contributed by atoms with Gasteiger partial charge >= 0.3 is 0 Å². The third kappa shape index (κ3) is 3.67. The molecule has 0 spiro atoms. The molecule has 0 heterocycles. The van der Waals surface area contributed by atoms with E-state index in [4.69, 9.17) is 10.5 Å². The minimum Gasteiger partial charge on any atom is -0.497 e. The van der Waals surface area contributed by atoms with Crippen molar-refractivity contribution in [2.75, 3.05) is 24.3 Å². The Hall–Kier alpha value is -2.16. The van der Waals surface area contributed by atoms with Gasteiger partial charge in [0.25, 0.3) is 0 Å². The van der Waals surface area contributed by atoms with Crippen LogP contribution >= 0.6 is 0 Å². The van der Waals surface area contributed by atoms with Crippen LogP contribution in [-0.4, -0.2) is 13.7 Å². The van der Waals surface area contributed by atoms with E-state index in [2.05, 4.69) is 36.1 Å². The molecular weight excluding hydrogens is 248 g/mol. The fraction of sp³-hybridized carbons (Fsp3) is 0.294. The van der Waals surface area contributed by atoms with E-state index in [-0.39, 0.29) is 0 Å². The molecule has 0 bridgehead atoms. The molecule has 0 radical (unpaired) electrons. The molecule has 0 aliphatic heterocycles. The normalized spacial score (nSPS) is 10.3. The van der Waals surface area contributed by atoms with Crippen LogP contribution in [-0.2, 0) is 6.54 Å². The predicted octanol–water partition coefficient (Wildman–Crippen LogP) is 3.69. The van der Waals surface area contributed by atoms with Gasteiger partial charge < -0.3 is 15.4 Å². The summed E-state index contributed by atoms with van der Waals surface area (Å²) in [6.07, 6.45) is 1.11. The maximum Gasteiger partial charge on any atom is 0.118 e. The third-order valence-corrected chi connectivity index (χ3v) is 3.28. The number of hydrogen-bond donors (Lipinski definition) is 1. The van der Waals surface area contributed by atoms with E-state index in [9.17, 15) is 0 Å². The smallest absolute Gasteiger partial charge is 0.118 e. The van der Waals surface area contributed by atoms with Crippen molar-refractivity contribution in [3.63, 3.8) is 0 Å². The largest absolute Gasteiger partial charge is 0.497 e. The first-order valence-electron chi connectivity index (χ1n) is 6.96. The molecule has 0 saturated carbocycles. The molecule has 20 heavy (non-hydrogen) atoms. The maximum absolute atomic E-state index is 5.75. The highest BCUT2D eigenvalue weighted by molar-refractivity contribution is 5.53. The molecule has 0 amide bonds. The van der Waals surface area contributed by atoms with E-state index in [0.29, 0.717) is 0 Å². The van der Waals surface area contributed by atoms with Crippen LogP contribution in [0, 0.1) is 0 Å². The molecule has 106 valence electrons. The Balaban J connectivity index is 2.13. The van der Waals surface area contributed by atoms with Gasteiger partial charge in [0, 0.05) is 24.5 Å². The topological polar surface area (TPSA) is 38.5 Å². The molecule has 2 rings (SSSR count). The zero-order valence-corrected chi connectivity index (χ0v) is 12.2. The number of nitrogen functional groups attached to an aromatic ring is 1. The Morgan fingerprint density at radius 1 is 1.00 bits per heavy atom. The second-order valence-electron chi connectivity index (χ2n) is 4.86. The summed E-state index contributed by atoms with van der Waals surface area (Å²) in [5.41, 5.74) is 9.03. The number of ether oxygens (including phenoxy) is 1. The summed E-state index contributed by atoms with van der Waals surface area (Å²) in [5.74, 6) is 0.892. The Labute approximate surface area is 121 Å². The number of hydrogen-bond acceptors (Lipinski definition) is 3. The van der Waals surface area contributed by atoms with Gasteiger partial charge in [-0.3, -0.25) is 0 Å².